The molecule has 1 aromatic carbocycles. The molecule has 0 aliphatic rings. The fraction of sp³-hybridized carbons (Fsp3) is 0.250. The van der Waals surface area contributed by atoms with Gasteiger partial charge in [-0.25, -0.2) is 4.98 Å². The predicted octanol–water partition coefficient (Wildman–Crippen LogP) is 4.47. The lowest BCUT2D eigenvalue weighted by Crippen LogP contribution is -2.16. The van der Waals surface area contributed by atoms with Crippen LogP contribution in [0, 0.1) is 20.8 Å². The lowest BCUT2D eigenvalue weighted by molar-refractivity contribution is -0.115. The van der Waals surface area contributed by atoms with E-state index in [4.69, 9.17) is 9.72 Å². The van der Waals surface area contributed by atoms with Gasteiger partial charge >= 0.3 is 0 Å². The number of amides is 1. The highest BCUT2D eigenvalue weighted by molar-refractivity contribution is 7.15. The molecule has 4 aromatic rings. The first-order chi connectivity index (χ1) is 15.4. The number of ether oxygens (including phenoxy) is 1. The molecule has 0 fully saturated rings. The molecule has 164 valence electrons. The number of hydrogen-bond donors (Lipinski definition) is 1. The summed E-state index contributed by atoms with van der Waals surface area (Å²) in [6.07, 6.45) is 1.87. The first-order valence-corrected chi connectivity index (χ1v) is 11.2. The van der Waals surface area contributed by atoms with Crippen molar-refractivity contribution in [2.45, 2.75) is 40.3 Å². The SMILES string of the molecule is Cc1cc(C)n(Cc2cc(OCc3ccccc3)cc(CC(=O)Nc3ncc(C)s3)n2)n1. The number of thiazole rings is 1. The summed E-state index contributed by atoms with van der Waals surface area (Å²) in [7, 11) is 0. The third-order valence-electron chi connectivity index (χ3n) is 4.78. The molecule has 0 atom stereocenters. The molecule has 0 radical (unpaired) electrons. The van der Waals surface area contributed by atoms with E-state index in [1.807, 2.05) is 74.0 Å². The molecule has 1 amide bonds. The largest absolute Gasteiger partial charge is 0.489 e. The third kappa shape index (κ3) is 5.79. The number of carbonyl (C=O) groups is 1. The molecule has 0 spiro atoms. The van der Waals surface area contributed by atoms with E-state index in [1.165, 1.54) is 11.3 Å². The Balaban J connectivity index is 1.54. The Morgan fingerprint density at radius 2 is 1.88 bits per heavy atom. The number of nitrogens with zero attached hydrogens (tertiary/aromatic N) is 4. The van der Waals surface area contributed by atoms with Crippen LogP contribution in [-0.4, -0.2) is 25.7 Å². The van der Waals surface area contributed by atoms with E-state index < -0.39 is 0 Å². The maximum atomic E-state index is 12.6. The molecule has 8 heteroatoms. The summed E-state index contributed by atoms with van der Waals surface area (Å²) in [4.78, 5) is 22.5. The summed E-state index contributed by atoms with van der Waals surface area (Å²) in [5, 5.41) is 7.96. The second-order valence-electron chi connectivity index (χ2n) is 7.65. The number of aryl methyl sites for hydroxylation is 3. The summed E-state index contributed by atoms with van der Waals surface area (Å²) in [5.74, 6) is 0.511. The highest BCUT2D eigenvalue weighted by Gasteiger charge is 2.12. The molecule has 32 heavy (non-hydrogen) atoms. The summed E-state index contributed by atoms with van der Waals surface area (Å²) in [5.41, 5.74) is 4.51. The fourth-order valence-electron chi connectivity index (χ4n) is 3.34. The Hall–Kier alpha value is -3.52. The van der Waals surface area contributed by atoms with E-state index in [2.05, 4.69) is 15.4 Å². The molecule has 1 N–H and O–H groups in total. The Bertz CT molecular complexity index is 1220. The van der Waals surface area contributed by atoms with Gasteiger partial charge in [-0.1, -0.05) is 30.3 Å². The summed E-state index contributed by atoms with van der Waals surface area (Å²) in [6, 6.07) is 15.7. The highest BCUT2D eigenvalue weighted by Crippen LogP contribution is 2.20. The van der Waals surface area contributed by atoms with Crippen molar-refractivity contribution in [1.82, 2.24) is 19.7 Å². The number of benzene rings is 1. The van der Waals surface area contributed by atoms with Crippen molar-refractivity contribution < 1.29 is 9.53 Å². The van der Waals surface area contributed by atoms with Gasteiger partial charge in [-0.2, -0.15) is 5.10 Å². The predicted molar refractivity (Wildman–Crippen MR) is 125 cm³/mol. The number of nitrogens with one attached hydrogen (secondary N) is 1. The molecule has 4 rings (SSSR count). The standard InChI is InChI=1S/C24H25N5O2S/c1-16-9-17(2)29(28-16)14-21-11-22(31-15-19-7-5-4-6-8-19)10-20(26-21)12-23(30)27-24-25-13-18(3)32-24/h4-11,13H,12,14-15H2,1-3H3,(H,25,27,30). The van der Waals surface area contributed by atoms with E-state index in [0.717, 1.165) is 27.5 Å². The number of rotatable bonds is 8. The van der Waals surface area contributed by atoms with Gasteiger partial charge in [-0.15, -0.1) is 11.3 Å². The second kappa shape index (κ2) is 9.74. The molecule has 0 aliphatic heterocycles. The van der Waals surface area contributed by atoms with Gasteiger partial charge in [-0.05, 0) is 32.4 Å². The van der Waals surface area contributed by atoms with Gasteiger partial charge < -0.3 is 10.1 Å². The molecule has 3 aromatic heterocycles. The quantitative estimate of drug-likeness (QED) is 0.431. The van der Waals surface area contributed by atoms with Crippen LogP contribution >= 0.6 is 11.3 Å². The van der Waals surface area contributed by atoms with Gasteiger partial charge in [0.2, 0.25) is 5.91 Å². The number of carbonyl (C=O) groups excluding carboxylic acids is 1. The zero-order valence-corrected chi connectivity index (χ0v) is 19.1. The van der Waals surface area contributed by atoms with Crippen molar-refractivity contribution in [3.8, 4) is 5.75 Å². The van der Waals surface area contributed by atoms with Gasteiger partial charge in [0.05, 0.1) is 30.0 Å². The van der Waals surface area contributed by atoms with Crippen molar-refractivity contribution in [2.75, 3.05) is 5.32 Å². The van der Waals surface area contributed by atoms with E-state index in [0.29, 0.717) is 29.7 Å². The Kier molecular flexibility index (Phi) is 6.61. The van der Waals surface area contributed by atoms with Crippen LogP contribution in [0.2, 0.25) is 0 Å². The molecule has 0 saturated carbocycles. The highest BCUT2D eigenvalue weighted by atomic mass is 32.1. The van der Waals surface area contributed by atoms with Crippen molar-refractivity contribution in [3.63, 3.8) is 0 Å². The summed E-state index contributed by atoms with van der Waals surface area (Å²) in [6.45, 7) is 6.87. The van der Waals surface area contributed by atoms with Gasteiger partial charge in [-0.3, -0.25) is 14.5 Å². The number of aromatic nitrogens is 4. The molecule has 0 saturated heterocycles. The van der Waals surface area contributed by atoms with Gasteiger partial charge in [0.25, 0.3) is 0 Å². The first-order valence-electron chi connectivity index (χ1n) is 10.3. The van der Waals surface area contributed by atoms with Crippen molar-refractivity contribution in [2.24, 2.45) is 0 Å². The molecular formula is C24H25N5O2S. The van der Waals surface area contributed by atoms with Gasteiger partial charge in [0.15, 0.2) is 5.13 Å². The smallest absolute Gasteiger partial charge is 0.232 e. The van der Waals surface area contributed by atoms with Crippen LogP contribution in [0.1, 0.15) is 33.2 Å². The van der Waals surface area contributed by atoms with Crippen LogP contribution in [0.5, 0.6) is 5.75 Å². The Morgan fingerprint density at radius 1 is 1.09 bits per heavy atom. The maximum absolute atomic E-state index is 12.6. The number of hydrogen-bond acceptors (Lipinski definition) is 6. The third-order valence-corrected chi connectivity index (χ3v) is 5.61. The average molecular weight is 448 g/mol. The van der Waals surface area contributed by atoms with Gasteiger partial charge in [0, 0.05) is 28.9 Å². The maximum Gasteiger partial charge on any atom is 0.232 e. The summed E-state index contributed by atoms with van der Waals surface area (Å²) < 4.78 is 7.94. The van der Waals surface area contributed by atoms with E-state index >= 15 is 0 Å². The molecule has 0 unspecified atom stereocenters. The zero-order valence-electron chi connectivity index (χ0n) is 18.3. The minimum atomic E-state index is -0.163. The van der Waals surface area contributed by atoms with Crippen molar-refractivity contribution in [1.29, 1.82) is 0 Å². The fourth-order valence-corrected chi connectivity index (χ4v) is 4.02. The second-order valence-corrected chi connectivity index (χ2v) is 8.88. The molecule has 3 heterocycles. The van der Waals surface area contributed by atoms with Crippen LogP contribution in [-0.2, 0) is 24.4 Å². The van der Waals surface area contributed by atoms with Crippen molar-refractivity contribution >= 4 is 22.4 Å². The van der Waals surface area contributed by atoms with Crippen LogP contribution in [0.4, 0.5) is 5.13 Å². The topological polar surface area (TPSA) is 81.9 Å². The van der Waals surface area contributed by atoms with Crippen LogP contribution in [0.3, 0.4) is 0 Å². The van der Waals surface area contributed by atoms with Crippen LogP contribution in [0.25, 0.3) is 0 Å². The molecule has 0 bridgehead atoms. The zero-order chi connectivity index (χ0) is 22.5. The average Bonchev–Trinajstić information content (AvgIpc) is 3.30. The number of anilines is 1. The van der Waals surface area contributed by atoms with Crippen molar-refractivity contribution in [3.05, 3.63) is 87.9 Å². The Labute approximate surface area is 191 Å². The minimum Gasteiger partial charge on any atom is -0.489 e. The van der Waals surface area contributed by atoms with E-state index in [1.54, 1.807) is 6.20 Å². The lowest BCUT2D eigenvalue weighted by Gasteiger charge is -2.12. The first kappa shape index (κ1) is 21.7. The number of pyridine rings is 1. The molecule has 7 nitrogen and oxygen atoms in total. The Morgan fingerprint density at radius 3 is 2.56 bits per heavy atom. The van der Waals surface area contributed by atoms with Crippen LogP contribution < -0.4 is 10.1 Å². The van der Waals surface area contributed by atoms with E-state index in [-0.39, 0.29) is 12.3 Å². The molecule has 0 aliphatic carbocycles. The summed E-state index contributed by atoms with van der Waals surface area (Å²) >= 11 is 1.44. The monoisotopic (exact) mass is 447 g/mol. The normalized spacial score (nSPS) is 10.8. The van der Waals surface area contributed by atoms with Crippen LogP contribution in [0.15, 0.2) is 54.7 Å². The molecular weight excluding hydrogens is 422 g/mol. The van der Waals surface area contributed by atoms with E-state index in [9.17, 15) is 4.79 Å². The minimum absolute atomic E-state index is 0.130. The van der Waals surface area contributed by atoms with Gasteiger partial charge in [0.1, 0.15) is 12.4 Å². The lowest BCUT2D eigenvalue weighted by atomic mass is 10.2.